The lowest BCUT2D eigenvalue weighted by molar-refractivity contribution is -0.191. The van der Waals surface area contributed by atoms with E-state index in [-0.39, 0.29) is 17.9 Å². The third kappa shape index (κ3) is 8.15. The molecule has 4 atom stereocenters. The van der Waals surface area contributed by atoms with Gasteiger partial charge in [0.05, 0.1) is 6.61 Å². The molecule has 0 bridgehead atoms. The summed E-state index contributed by atoms with van der Waals surface area (Å²) in [5.74, 6) is 0. The molecule has 0 aromatic rings. The fraction of sp³-hybridized carbons (Fsp3) is 0.714. The van der Waals surface area contributed by atoms with Gasteiger partial charge < -0.3 is 30.3 Å². The molecule has 0 spiro atoms. The Morgan fingerprint density at radius 3 is 1.69 bits per heavy atom. The minimum atomic E-state index is -1.79. The minimum Gasteiger partial charge on any atom is -0.394 e. The Kier molecular flexibility index (Phi) is 15.0. The van der Waals surface area contributed by atoms with Crippen LogP contribution in [-0.4, -0.2) is 69.0 Å². The Balaban J connectivity index is -0.000000377. The third-order valence-electron chi connectivity index (χ3n) is 1.42. The third-order valence-corrected chi connectivity index (χ3v) is 1.42. The number of carbonyl (C=O) groups is 1. The van der Waals surface area contributed by atoms with Crippen molar-refractivity contribution in [3.63, 3.8) is 0 Å². The summed E-state index contributed by atoms with van der Waals surface area (Å²) in [6.45, 7) is -0.760. The quantitative estimate of drug-likeness (QED) is 0.300. The summed E-state index contributed by atoms with van der Waals surface area (Å²) in [4.78, 5) is 26.1. The smallest absolute Gasteiger partial charge is 0.373 e. The second kappa shape index (κ2) is 11.9. The van der Waals surface area contributed by atoms with Crippen molar-refractivity contribution in [3.05, 3.63) is 0 Å². The predicted molar refractivity (Wildman–Crippen MR) is 42.9 cm³/mol. The van der Waals surface area contributed by atoms with Crippen LogP contribution < -0.4 is 0 Å². The normalized spacial score (nSPS) is 16.3. The van der Waals surface area contributed by atoms with E-state index < -0.39 is 31.0 Å². The minimum absolute atomic E-state index is 0. The molecule has 94 valence electrons. The SMILES string of the molecule is O=C=O.O=C[C@H](O)[C@@H](O)[C@H](O)[C@H](O)CO.[O]. The first kappa shape index (κ1) is 20.3. The number of hydrogen-bond acceptors (Lipinski definition) is 8. The highest BCUT2D eigenvalue weighted by Gasteiger charge is 2.29. The standard InChI is InChI=1S/C6H12O6.CO2.O/c7-1-3(9)5(11)6(12)4(10)2-8;2-1-3;/h1,3-6,8-12H,2H2;;/t3-,4+,5+,6+;;/m0../s1. The summed E-state index contributed by atoms with van der Waals surface area (Å²) < 4.78 is 0. The van der Waals surface area contributed by atoms with Crippen LogP contribution in [0.1, 0.15) is 0 Å². The molecule has 9 nitrogen and oxygen atoms in total. The molecule has 0 aliphatic rings. The van der Waals surface area contributed by atoms with Crippen LogP contribution in [0.25, 0.3) is 0 Å². The van der Waals surface area contributed by atoms with Gasteiger partial charge in [-0.2, -0.15) is 9.59 Å². The number of aliphatic hydroxyl groups is 5. The molecule has 0 aliphatic heterocycles. The lowest BCUT2D eigenvalue weighted by Gasteiger charge is -2.22. The van der Waals surface area contributed by atoms with Gasteiger partial charge in [-0.05, 0) is 0 Å². The molecule has 0 aromatic carbocycles. The van der Waals surface area contributed by atoms with Gasteiger partial charge in [0.15, 0.2) is 6.29 Å². The van der Waals surface area contributed by atoms with Gasteiger partial charge in [0.25, 0.3) is 0 Å². The highest BCUT2D eigenvalue weighted by molar-refractivity contribution is 5.56. The molecular weight excluding hydrogens is 228 g/mol. The van der Waals surface area contributed by atoms with E-state index >= 15 is 0 Å². The number of rotatable bonds is 5. The maximum atomic E-state index is 9.90. The summed E-state index contributed by atoms with van der Waals surface area (Å²) >= 11 is 0. The molecule has 0 rings (SSSR count). The average molecular weight is 240 g/mol. The van der Waals surface area contributed by atoms with E-state index in [1.165, 1.54) is 0 Å². The summed E-state index contributed by atoms with van der Waals surface area (Å²) in [5.41, 5.74) is 0. The molecule has 0 fully saturated rings. The second-order valence-corrected chi connectivity index (χ2v) is 2.44. The van der Waals surface area contributed by atoms with Gasteiger partial charge in [-0.15, -0.1) is 0 Å². The molecule has 2 radical (unpaired) electrons. The Hall–Kier alpha value is -1.19. The van der Waals surface area contributed by atoms with Crippen molar-refractivity contribution in [2.75, 3.05) is 6.61 Å². The number of aldehydes is 1. The summed E-state index contributed by atoms with van der Waals surface area (Å²) in [7, 11) is 0. The molecule has 0 amide bonds. The van der Waals surface area contributed by atoms with Crippen molar-refractivity contribution in [1.82, 2.24) is 0 Å². The molecule has 16 heavy (non-hydrogen) atoms. The Morgan fingerprint density at radius 1 is 1.06 bits per heavy atom. The van der Waals surface area contributed by atoms with E-state index in [1.54, 1.807) is 0 Å². The lowest BCUT2D eigenvalue weighted by Crippen LogP contribution is -2.46. The van der Waals surface area contributed by atoms with E-state index in [0.29, 0.717) is 0 Å². The number of carbonyl (C=O) groups excluding carboxylic acids is 3. The first-order valence-electron chi connectivity index (χ1n) is 3.73. The van der Waals surface area contributed by atoms with E-state index in [0.717, 1.165) is 0 Å². The number of hydrogen-bond donors (Lipinski definition) is 5. The fourth-order valence-electron chi connectivity index (χ4n) is 0.618. The summed E-state index contributed by atoms with van der Waals surface area (Å²) in [5, 5.41) is 43.5. The van der Waals surface area contributed by atoms with Gasteiger partial charge in [0.2, 0.25) is 0 Å². The largest absolute Gasteiger partial charge is 0.394 e. The first-order chi connectivity index (χ1) is 6.95. The van der Waals surface area contributed by atoms with Crippen molar-refractivity contribution < 1.29 is 45.4 Å². The zero-order chi connectivity index (χ0) is 12.4. The predicted octanol–water partition coefficient (Wildman–Crippen LogP) is -4.08. The van der Waals surface area contributed by atoms with Gasteiger partial charge in [-0.25, -0.2) is 0 Å². The van der Waals surface area contributed by atoms with Crippen molar-refractivity contribution >= 4 is 12.4 Å². The highest BCUT2D eigenvalue weighted by Crippen LogP contribution is 2.02. The monoisotopic (exact) mass is 240 g/mol. The Morgan fingerprint density at radius 2 is 1.44 bits per heavy atom. The van der Waals surface area contributed by atoms with E-state index in [1.807, 2.05) is 0 Å². The van der Waals surface area contributed by atoms with Gasteiger partial charge in [0, 0.05) is 5.48 Å². The molecule has 0 unspecified atom stereocenters. The van der Waals surface area contributed by atoms with Gasteiger partial charge in [-0.1, -0.05) is 0 Å². The zero-order valence-corrected chi connectivity index (χ0v) is 7.96. The molecule has 0 saturated heterocycles. The molecule has 0 heterocycles. The molecule has 0 aromatic heterocycles. The maximum Gasteiger partial charge on any atom is 0.373 e. The van der Waals surface area contributed by atoms with Crippen LogP contribution >= 0.6 is 0 Å². The first-order valence-corrected chi connectivity index (χ1v) is 3.73. The van der Waals surface area contributed by atoms with Gasteiger partial charge in [-0.3, -0.25) is 0 Å². The molecule has 9 heteroatoms. The van der Waals surface area contributed by atoms with Crippen molar-refractivity contribution in [2.45, 2.75) is 24.4 Å². The maximum absolute atomic E-state index is 9.90. The molecular formula is C7H12O9. The summed E-state index contributed by atoms with van der Waals surface area (Å²) in [6.07, 6.45) is -6.59. The van der Waals surface area contributed by atoms with Crippen LogP contribution in [0, 0.1) is 0 Å². The van der Waals surface area contributed by atoms with Crippen LogP contribution in [-0.2, 0) is 19.9 Å². The molecule has 0 aliphatic carbocycles. The van der Waals surface area contributed by atoms with Crippen LogP contribution in [0.3, 0.4) is 0 Å². The van der Waals surface area contributed by atoms with Crippen LogP contribution in [0.15, 0.2) is 0 Å². The van der Waals surface area contributed by atoms with Crippen molar-refractivity contribution in [1.29, 1.82) is 0 Å². The van der Waals surface area contributed by atoms with Crippen molar-refractivity contribution in [2.24, 2.45) is 0 Å². The Labute approximate surface area is 89.9 Å². The van der Waals surface area contributed by atoms with Crippen LogP contribution in [0.4, 0.5) is 0 Å². The van der Waals surface area contributed by atoms with Crippen LogP contribution in [0.5, 0.6) is 0 Å². The fourth-order valence-corrected chi connectivity index (χ4v) is 0.618. The topological polar surface area (TPSA) is 181 Å². The van der Waals surface area contributed by atoms with Gasteiger partial charge >= 0.3 is 6.15 Å². The zero-order valence-electron chi connectivity index (χ0n) is 7.96. The second-order valence-electron chi connectivity index (χ2n) is 2.44. The molecule has 0 saturated carbocycles. The highest BCUT2D eigenvalue weighted by atomic mass is 16.4. The van der Waals surface area contributed by atoms with Crippen molar-refractivity contribution in [3.8, 4) is 0 Å². The van der Waals surface area contributed by atoms with E-state index in [2.05, 4.69) is 0 Å². The van der Waals surface area contributed by atoms with E-state index in [9.17, 15) is 4.79 Å². The van der Waals surface area contributed by atoms with Crippen LogP contribution in [0.2, 0.25) is 0 Å². The number of aliphatic hydroxyl groups excluding tert-OH is 5. The van der Waals surface area contributed by atoms with E-state index in [4.69, 9.17) is 35.1 Å². The summed E-state index contributed by atoms with van der Waals surface area (Å²) in [6, 6.07) is 0. The average Bonchev–Trinajstić information content (AvgIpc) is 2.25. The lowest BCUT2D eigenvalue weighted by atomic mass is 10.0. The van der Waals surface area contributed by atoms with Gasteiger partial charge in [0.1, 0.15) is 24.4 Å². The Bertz CT molecular complexity index is 200. The molecule has 5 N–H and O–H groups in total.